The fourth-order valence-corrected chi connectivity index (χ4v) is 1.39. The fourth-order valence-electron chi connectivity index (χ4n) is 1.39. The minimum absolute atomic E-state index is 0.232. The van der Waals surface area contributed by atoms with Crippen molar-refractivity contribution < 1.29 is 14.0 Å². The first-order valence-electron chi connectivity index (χ1n) is 4.54. The van der Waals surface area contributed by atoms with Gasteiger partial charge in [-0.15, -0.1) is 0 Å². The Kier molecular flexibility index (Phi) is 2.63. The van der Waals surface area contributed by atoms with Crippen molar-refractivity contribution in [1.29, 1.82) is 0 Å². The van der Waals surface area contributed by atoms with E-state index in [4.69, 9.17) is 19.7 Å². The van der Waals surface area contributed by atoms with Crippen LogP contribution in [0.2, 0.25) is 0 Å². The summed E-state index contributed by atoms with van der Waals surface area (Å²) in [7, 11) is 3.09. The van der Waals surface area contributed by atoms with Gasteiger partial charge in [0.15, 0.2) is 0 Å². The predicted octanol–water partition coefficient (Wildman–Crippen LogP) is 1.34. The van der Waals surface area contributed by atoms with Crippen molar-refractivity contribution in [2.24, 2.45) is 0 Å². The Morgan fingerprint density at radius 3 is 2.25 bits per heavy atom. The Morgan fingerprint density at radius 1 is 1.19 bits per heavy atom. The standard InChI is InChI=1S/C10H11N3O3/c1-14-7-4-12-5-8(15-2)10(7)6-3-9(11)16-13-6/h3-5H,11H2,1-2H3. The highest BCUT2D eigenvalue weighted by atomic mass is 16.5. The van der Waals surface area contributed by atoms with Crippen LogP contribution in [0.1, 0.15) is 0 Å². The van der Waals surface area contributed by atoms with Crippen LogP contribution in [0.5, 0.6) is 11.5 Å². The molecule has 2 rings (SSSR count). The number of nitrogens with two attached hydrogens (primary N) is 1. The first-order valence-corrected chi connectivity index (χ1v) is 4.54. The molecule has 0 saturated carbocycles. The topological polar surface area (TPSA) is 83.4 Å². The van der Waals surface area contributed by atoms with Gasteiger partial charge >= 0.3 is 0 Å². The highest BCUT2D eigenvalue weighted by molar-refractivity contribution is 5.74. The Bertz CT molecular complexity index is 474. The van der Waals surface area contributed by atoms with E-state index in [1.54, 1.807) is 32.7 Å². The molecule has 0 aliphatic carbocycles. The van der Waals surface area contributed by atoms with Gasteiger partial charge in [0, 0.05) is 6.07 Å². The monoisotopic (exact) mass is 221 g/mol. The largest absolute Gasteiger partial charge is 0.494 e. The molecule has 0 amide bonds. The number of pyridine rings is 1. The van der Waals surface area contributed by atoms with Gasteiger partial charge in [-0.3, -0.25) is 4.98 Å². The molecule has 0 aliphatic rings. The highest BCUT2D eigenvalue weighted by Crippen LogP contribution is 2.36. The van der Waals surface area contributed by atoms with Crippen LogP contribution in [0, 0.1) is 0 Å². The molecule has 16 heavy (non-hydrogen) atoms. The van der Waals surface area contributed by atoms with Crippen LogP contribution in [0.25, 0.3) is 11.3 Å². The SMILES string of the molecule is COc1cncc(OC)c1-c1cc(N)on1. The summed E-state index contributed by atoms with van der Waals surface area (Å²) in [6, 6.07) is 1.60. The predicted molar refractivity (Wildman–Crippen MR) is 57.3 cm³/mol. The molecule has 0 atom stereocenters. The number of aromatic nitrogens is 2. The number of anilines is 1. The number of nitrogen functional groups attached to an aromatic ring is 1. The molecule has 0 radical (unpaired) electrons. The van der Waals surface area contributed by atoms with Crippen molar-refractivity contribution in [2.75, 3.05) is 20.0 Å². The average molecular weight is 221 g/mol. The molecule has 0 aromatic carbocycles. The van der Waals surface area contributed by atoms with E-state index in [-0.39, 0.29) is 5.88 Å². The zero-order chi connectivity index (χ0) is 11.5. The normalized spacial score (nSPS) is 10.1. The summed E-state index contributed by atoms with van der Waals surface area (Å²) in [4.78, 5) is 3.98. The van der Waals surface area contributed by atoms with E-state index >= 15 is 0 Å². The van der Waals surface area contributed by atoms with E-state index < -0.39 is 0 Å². The van der Waals surface area contributed by atoms with E-state index in [0.29, 0.717) is 22.8 Å². The molecule has 2 heterocycles. The van der Waals surface area contributed by atoms with Crippen molar-refractivity contribution in [3.63, 3.8) is 0 Å². The second kappa shape index (κ2) is 4.09. The molecule has 2 aromatic heterocycles. The second-order valence-corrected chi connectivity index (χ2v) is 3.03. The van der Waals surface area contributed by atoms with Crippen LogP contribution in [0.3, 0.4) is 0 Å². The molecular formula is C10H11N3O3. The Balaban J connectivity index is 2.60. The van der Waals surface area contributed by atoms with Crippen molar-refractivity contribution in [3.8, 4) is 22.8 Å². The van der Waals surface area contributed by atoms with E-state index in [1.807, 2.05) is 0 Å². The maximum Gasteiger partial charge on any atom is 0.222 e. The minimum Gasteiger partial charge on any atom is -0.494 e. The molecule has 0 bridgehead atoms. The summed E-state index contributed by atoms with van der Waals surface area (Å²) in [6.07, 6.45) is 3.14. The van der Waals surface area contributed by atoms with E-state index in [1.165, 1.54) is 0 Å². The Labute approximate surface area is 92.0 Å². The van der Waals surface area contributed by atoms with Crippen LogP contribution >= 0.6 is 0 Å². The molecular weight excluding hydrogens is 210 g/mol. The zero-order valence-electron chi connectivity index (χ0n) is 8.93. The molecule has 6 nitrogen and oxygen atoms in total. The number of hydrogen-bond acceptors (Lipinski definition) is 6. The lowest BCUT2D eigenvalue weighted by molar-refractivity contribution is 0.391. The quantitative estimate of drug-likeness (QED) is 0.841. The fraction of sp³-hybridized carbons (Fsp3) is 0.200. The molecule has 0 aliphatic heterocycles. The number of hydrogen-bond donors (Lipinski definition) is 1. The lowest BCUT2D eigenvalue weighted by Crippen LogP contribution is -1.94. The summed E-state index contributed by atoms with van der Waals surface area (Å²) in [6.45, 7) is 0. The third-order valence-corrected chi connectivity index (χ3v) is 2.10. The first-order chi connectivity index (χ1) is 7.76. The van der Waals surface area contributed by atoms with Crippen LogP contribution in [0.15, 0.2) is 23.0 Å². The summed E-state index contributed by atoms with van der Waals surface area (Å²) >= 11 is 0. The Morgan fingerprint density at radius 2 is 1.81 bits per heavy atom. The van der Waals surface area contributed by atoms with Gasteiger partial charge in [0.2, 0.25) is 5.88 Å². The smallest absolute Gasteiger partial charge is 0.222 e. The molecule has 0 saturated heterocycles. The van der Waals surface area contributed by atoms with E-state index in [9.17, 15) is 0 Å². The third-order valence-electron chi connectivity index (χ3n) is 2.10. The van der Waals surface area contributed by atoms with Crippen molar-refractivity contribution in [2.45, 2.75) is 0 Å². The number of ether oxygens (including phenoxy) is 2. The van der Waals surface area contributed by atoms with Gasteiger partial charge in [0.05, 0.1) is 32.2 Å². The van der Waals surface area contributed by atoms with Gasteiger partial charge in [-0.05, 0) is 0 Å². The van der Waals surface area contributed by atoms with Crippen LogP contribution in [-0.2, 0) is 0 Å². The van der Waals surface area contributed by atoms with Crippen LogP contribution < -0.4 is 15.2 Å². The second-order valence-electron chi connectivity index (χ2n) is 3.03. The third kappa shape index (κ3) is 1.65. The summed E-state index contributed by atoms with van der Waals surface area (Å²) in [5.41, 5.74) is 6.69. The summed E-state index contributed by atoms with van der Waals surface area (Å²) < 4.78 is 15.2. The molecule has 0 unspecified atom stereocenters. The van der Waals surface area contributed by atoms with Crippen molar-refractivity contribution in [3.05, 3.63) is 18.5 Å². The number of rotatable bonds is 3. The maximum absolute atomic E-state index is 5.47. The lowest BCUT2D eigenvalue weighted by atomic mass is 10.1. The highest BCUT2D eigenvalue weighted by Gasteiger charge is 2.16. The molecule has 6 heteroatoms. The van der Waals surface area contributed by atoms with E-state index in [2.05, 4.69) is 10.1 Å². The Hall–Kier alpha value is -2.24. The van der Waals surface area contributed by atoms with E-state index in [0.717, 1.165) is 0 Å². The number of nitrogens with zero attached hydrogens (tertiary/aromatic N) is 2. The maximum atomic E-state index is 5.47. The van der Waals surface area contributed by atoms with Crippen molar-refractivity contribution >= 4 is 5.88 Å². The summed E-state index contributed by atoms with van der Waals surface area (Å²) in [5, 5.41) is 3.82. The summed E-state index contributed by atoms with van der Waals surface area (Å²) in [5.74, 6) is 1.33. The molecule has 2 aromatic rings. The zero-order valence-corrected chi connectivity index (χ0v) is 8.93. The average Bonchev–Trinajstić information content (AvgIpc) is 2.74. The van der Waals surface area contributed by atoms with Gasteiger partial charge in [-0.2, -0.15) is 0 Å². The molecule has 84 valence electrons. The van der Waals surface area contributed by atoms with Gasteiger partial charge in [0.25, 0.3) is 0 Å². The van der Waals surface area contributed by atoms with Gasteiger partial charge in [-0.1, -0.05) is 5.16 Å². The molecule has 0 spiro atoms. The van der Waals surface area contributed by atoms with Crippen LogP contribution in [0.4, 0.5) is 5.88 Å². The first kappa shape index (κ1) is 10.3. The molecule has 2 N–H and O–H groups in total. The van der Waals surface area contributed by atoms with Gasteiger partial charge in [0.1, 0.15) is 17.2 Å². The number of methoxy groups -OCH3 is 2. The molecule has 0 fully saturated rings. The van der Waals surface area contributed by atoms with Crippen molar-refractivity contribution in [1.82, 2.24) is 10.1 Å². The van der Waals surface area contributed by atoms with Gasteiger partial charge < -0.3 is 19.7 Å². The van der Waals surface area contributed by atoms with Gasteiger partial charge in [-0.25, -0.2) is 0 Å². The lowest BCUT2D eigenvalue weighted by Gasteiger charge is -2.09. The minimum atomic E-state index is 0.232. The van der Waals surface area contributed by atoms with Crippen LogP contribution in [-0.4, -0.2) is 24.4 Å².